The monoisotopic (exact) mass is 376 g/mol. The van der Waals surface area contributed by atoms with Gasteiger partial charge >= 0.3 is 33.9 Å². The summed E-state index contributed by atoms with van der Waals surface area (Å²) in [5, 5.41) is 0. The van der Waals surface area contributed by atoms with Crippen molar-refractivity contribution in [2.24, 2.45) is 23.7 Å². The van der Waals surface area contributed by atoms with Crippen LogP contribution in [0.1, 0.15) is 51.9 Å². The van der Waals surface area contributed by atoms with Crippen LogP contribution in [0.25, 0.3) is 0 Å². The van der Waals surface area contributed by atoms with Crippen molar-refractivity contribution in [3.05, 3.63) is 54.9 Å². The van der Waals surface area contributed by atoms with Gasteiger partial charge in [-0.1, -0.05) is 44.4 Å². The summed E-state index contributed by atoms with van der Waals surface area (Å²) < 4.78 is 22.5. The summed E-state index contributed by atoms with van der Waals surface area (Å²) in [7, 11) is 0. The van der Waals surface area contributed by atoms with Gasteiger partial charge in [-0.15, -0.1) is 0 Å². The van der Waals surface area contributed by atoms with Crippen molar-refractivity contribution in [2.45, 2.75) is 51.9 Å². The average Bonchev–Trinajstić information content (AvgIpc) is 3.35. The number of rotatable bonds is 1. The number of hydrogen-bond acceptors (Lipinski definition) is 0. The van der Waals surface area contributed by atoms with Crippen LogP contribution in [0, 0.1) is 43.6 Å². The second kappa shape index (κ2) is 12.3. The molecule has 0 aromatic carbocycles. The maximum atomic E-state index is 7.50. The molecule has 4 atom stereocenters. The molecular formula is C21H24CrO3. The SMILES string of the molecule is CC1CCCCC1C=C1C=C2C(=C1)C1CCC2C1.[C-]#[O+].[C-]#[O+].[C-]#[O+].[Cr]. The van der Waals surface area contributed by atoms with E-state index in [4.69, 9.17) is 14.0 Å². The summed E-state index contributed by atoms with van der Waals surface area (Å²) in [6.45, 7) is 15.9. The number of allylic oxidation sites excluding steroid dienone is 6. The van der Waals surface area contributed by atoms with Gasteiger partial charge in [-0.3, -0.25) is 0 Å². The normalized spacial score (nSPS) is 30.3. The molecule has 2 bridgehead atoms. The molecule has 0 aromatic heterocycles. The first-order valence-corrected chi connectivity index (χ1v) is 8.58. The molecule has 4 heteroatoms. The Morgan fingerprint density at radius 2 is 1.32 bits per heavy atom. The van der Waals surface area contributed by atoms with Crippen LogP contribution >= 0.6 is 0 Å². The minimum Gasteiger partial charge on any atom is 0 e. The molecule has 3 nitrogen and oxygen atoms in total. The van der Waals surface area contributed by atoms with Crippen molar-refractivity contribution >= 4 is 0 Å². The van der Waals surface area contributed by atoms with Gasteiger partial charge in [0.2, 0.25) is 0 Å². The maximum absolute atomic E-state index is 7.50. The van der Waals surface area contributed by atoms with Gasteiger partial charge in [0.15, 0.2) is 0 Å². The van der Waals surface area contributed by atoms with Gasteiger partial charge in [-0.2, -0.15) is 0 Å². The van der Waals surface area contributed by atoms with E-state index in [1.807, 2.05) is 0 Å². The summed E-state index contributed by atoms with van der Waals surface area (Å²) >= 11 is 0. The van der Waals surface area contributed by atoms with Crippen LogP contribution in [-0.2, 0) is 31.3 Å². The molecule has 0 aromatic rings. The van der Waals surface area contributed by atoms with E-state index in [0.29, 0.717) is 0 Å². The van der Waals surface area contributed by atoms with Crippen LogP contribution in [0.3, 0.4) is 0 Å². The van der Waals surface area contributed by atoms with E-state index in [1.54, 1.807) is 16.7 Å². The molecule has 3 saturated carbocycles. The second-order valence-corrected chi connectivity index (χ2v) is 7.00. The van der Waals surface area contributed by atoms with Crippen molar-refractivity contribution in [1.82, 2.24) is 0 Å². The van der Waals surface area contributed by atoms with Gasteiger partial charge in [0.05, 0.1) is 0 Å². The van der Waals surface area contributed by atoms with Crippen molar-refractivity contribution in [2.75, 3.05) is 0 Å². The largest absolute Gasteiger partial charge is 0 e. The summed E-state index contributed by atoms with van der Waals surface area (Å²) in [6, 6.07) is 0. The Labute approximate surface area is 161 Å². The summed E-state index contributed by atoms with van der Waals surface area (Å²) in [5.41, 5.74) is 5.00. The molecule has 0 spiro atoms. The van der Waals surface area contributed by atoms with Gasteiger partial charge in [-0.05, 0) is 66.1 Å². The van der Waals surface area contributed by atoms with Crippen molar-refractivity contribution in [1.29, 1.82) is 0 Å². The Morgan fingerprint density at radius 1 is 0.840 bits per heavy atom. The van der Waals surface area contributed by atoms with Crippen molar-refractivity contribution in [3.63, 3.8) is 0 Å². The van der Waals surface area contributed by atoms with Gasteiger partial charge in [0.25, 0.3) is 0 Å². The molecule has 4 rings (SSSR count). The minimum absolute atomic E-state index is 0. The molecule has 3 fully saturated rings. The van der Waals surface area contributed by atoms with Crippen LogP contribution in [0.5, 0.6) is 0 Å². The van der Waals surface area contributed by atoms with Crippen LogP contribution in [0.4, 0.5) is 0 Å². The zero-order chi connectivity index (χ0) is 18.1. The zero-order valence-corrected chi connectivity index (χ0v) is 15.9. The quantitative estimate of drug-likeness (QED) is 0.461. The molecular weight excluding hydrogens is 352 g/mol. The van der Waals surface area contributed by atoms with E-state index in [9.17, 15) is 0 Å². The Hall–Kier alpha value is -1.03. The average molecular weight is 376 g/mol. The topological polar surface area (TPSA) is 59.7 Å². The first-order valence-electron chi connectivity index (χ1n) is 8.58. The smallest absolute Gasteiger partial charge is 0 e. The van der Waals surface area contributed by atoms with E-state index in [-0.39, 0.29) is 17.4 Å². The summed E-state index contributed by atoms with van der Waals surface area (Å²) in [6.07, 6.45) is 17.8. The molecule has 0 N–H and O–H groups in total. The molecule has 0 heterocycles. The van der Waals surface area contributed by atoms with Gasteiger partial charge in [-0.25, -0.2) is 0 Å². The van der Waals surface area contributed by atoms with Crippen molar-refractivity contribution < 1.29 is 31.3 Å². The second-order valence-electron chi connectivity index (χ2n) is 7.00. The molecule has 0 amide bonds. The first-order chi connectivity index (χ1) is 11.8. The van der Waals surface area contributed by atoms with Gasteiger partial charge < -0.3 is 0 Å². The first kappa shape index (κ1) is 24.0. The Kier molecular flexibility index (Phi) is 11.8. The third-order valence-electron chi connectivity index (χ3n) is 5.87. The Balaban J connectivity index is 0.000000751. The zero-order valence-electron chi connectivity index (χ0n) is 14.6. The van der Waals surface area contributed by atoms with Crippen LogP contribution in [0.15, 0.2) is 34.9 Å². The fourth-order valence-electron chi connectivity index (χ4n) is 4.76. The molecule has 4 unspecified atom stereocenters. The minimum atomic E-state index is 0. The standard InChI is InChI=1S/C18H24.3CO.Cr/c1-12-4-2-3-5-14(12)8-13-9-17-15-6-7-16(11-15)18(17)10-13;3*1-2;/h8-10,12,14-16H,2-7,11H2,1H3;;;;. The molecule has 25 heavy (non-hydrogen) atoms. The molecule has 4 aliphatic carbocycles. The predicted molar refractivity (Wildman–Crippen MR) is 88.0 cm³/mol. The third-order valence-corrected chi connectivity index (χ3v) is 5.87. The predicted octanol–water partition coefficient (Wildman–Crippen LogP) is 4.92. The fourth-order valence-corrected chi connectivity index (χ4v) is 4.76. The molecule has 132 valence electrons. The Bertz CT molecular complexity index is 537. The van der Waals surface area contributed by atoms with E-state index in [2.05, 4.69) is 45.1 Å². The maximum Gasteiger partial charge on any atom is 0 e. The van der Waals surface area contributed by atoms with E-state index >= 15 is 0 Å². The Morgan fingerprint density at radius 3 is 1.80 bits per heavy atom. The number of fused-ring (bicyclic) bond motifs is 5. The molecule has 4 aliphatic rings. The van der Waals surface area contributed by atoms with Crippen LogP contribution in [-0.4, -0.2) is 0 Å². The van der Waals surface area contributed by atoms with Crippen LogP contribution < -0.4 is 0 Å². The van der Waals surface area contributed by atoms with Gasteiger partial charge in [0.1, 0.15) is 0 Å². The van der Waals surface area contributed by atoms with Crippen molar-refractivity contribution in [3.8, 4) is 0 Å². The summed E-state index contributed by atoms with van der Waals surface area (Å²) in [4.78, 5) is 0. The number of hydrogen-bond donors (Lipinski definition) is 0. The molecule has 0 radical (unpaired) electrons. The van der Waals surface area contributed by atoms with E-state index in [1.165, 1.54) is 44.9 Å². The molecule has 0 aliphatic heterocycles. The third kappa shape index (κ3) is 5.47. The van der Waals surface area contributed by atoms with E-state index in [0.717, 1.165) is 23.7 Å². The molecule has 0 saturated heterocycles. The fraction of sp³-hybridized carbons (Fsp3) is 0.571. The van der Waals surface area contributed by atoms with E-state index < -0.39 is 0 Å². The van der Waals surface area contributed by atoms with Crippen LogP contribution in [0.2, 0.25) is 0 Å². The van der Waals surface area contributed by atoms with Gasteiger partial charge in [0, 0.05) is 17.4 Å². The summed E-state index contributed by atoms with van der Waals surface area (Å²) in [5.74, 6) is 3.60.